The van der Waals surface area contributed by atoms with Gasteiger partial charge in [-0.2, -0.15) is 0 Å². The minimum Gasteiger partial charge on any atom is -0.345 e. The molecule has 3 aromatic rings. The minimum atomic E-state index is -0.243. The monoisotopic (exact) mass is 446 g/mol. The van der Waals surface area contributed by atoms with Crippen LogP contribution < -0.4 is 5.32 Å². The molecule has 1 fully saturated rings. The molecule has 0 aromatic heterocycles. The molecule has 5 heteroatoms. The van der Waals surface area contributed by atoms with E-state index in [1.165, 1.54) is 0 Å². The van der Waals surface area contributed by atoms with Crippen molar-refractivity contribution in [2.75, 3.05) is 13.1 Å². The molecule has 4 nitrogen and oxygen atoms in total. The summed E-state index contributed by atoms with van der Waals surface area (Å²) in [6.07, 6.45) is 1.32. The standard InChI is InChI=1S/C27H27ClN2O2/c1-19-7-5-6-10-24(19)27(32)30-17-15-22(16-18-30)26(31)29-25(20-8-3-2-4-9-20)21-11-13-23(28)14-12-21/h2-14,22,25H,15-18H2,1H3,(H,29,31)/t25-/m1/s1. The first-order chi connectivity index (χ1) is 15.5. The van der Waals surface area contributed by atoms with Crippen LogP contribution in [-0.4, -0.2) is 29.8 Å². The number of nitrogens with zero attached hydrogens (tertiary/aromatic N) is 1. The lowest BCUT2D eigenvalue weighted by Crippen LogP contribution is -2.44. The molecule has 0 saturated carbocycles. The van der Waals surface area contributed by atoms with Crippen molar-refractivity contribution in [3.05, 3.63) is 106 Å². The average molecular weight is 447 g/mol. The van der Waals surface area contributed by atoms with E-state index in [9.17, 15) is 9.59 Å². The molecule has 1 aliphatic heterocycles. The number of hydrogen-bond donors (Lipinski definition) is 1. The van der Waals surface area contributed by atoms with Gasteiger partial charge < -0.3 is 10.2 Å². The lowest BCUT2D eigenvalue weighted by Gasteiger charge is -2.32. The number of amides is 2. The quantitative estimate of drug-likeness (QED) is 0.570. The maximum absolute atomic E-state index is 13.2. The second kappa shape index (κ2) is 10.0. The smallest absolute Gasteiger partial charge is 0.254 e. The largest absolute Gasteiger partial charge is 0.345 e. The highest BCUT2D eigenvalue weighted by Crippen LogP contribution is 2.26. The highest BCUT2D eigenvalue weighted by molar-refractivity contribution is 6.30. The predicted octanol–water partition coefficient (Wildman–Crippen LogP) is 5.41. The Kier molecular flexibility index (Phi) is 6.91. The lowest BCUT2D eigenvalue weighted by molar-refractivity contribution is -0.126. The highest BCUT2D eigenvalue weighted by atomic mass is 35.5. The highest BCUT2D eigenvalue weighted by Gasteiger charge is 2.30. The molecule has 32 heavy (non-hydrogen) atoms. The SMILES string of the molecule is Cc1ccccc1C(=O)N1CCC(C(=O)N[C@H](c2ccccc2)c2ccc(Cl)cc2)CC1. The fourth-order valence-electron chi connectivity index (χ4n) is 4.25. The van der Waals surface area contributed by atoms with E-state index in [1.54, 1.807) is 0 Å². The molecule has 0 spiro atoms. The number of benzene rings is 3. The summed E-state index contributed by atoms with van der Waals surface area (Å²) < 4.78 is 0. The number of rotatable bonds is 5. The normalized spacial score (nSPS) is 15.2. The van der Waals surface area contributed by atoms with Crippen LogP contribution in [0.3, 0.4) is 0 Å². The molecule has 0 unspecified atom stereocenters. The molecule has 1 N–H and O–H groups in total. The van der Waals surface area contributed by atoms with E-state index >= 15 is 0 Å². The Hall–Kier alpha value is -3.11. The maximum atomic E-state index is 13.2. The van der Waals surface area contributed by atoms with Gasteiger partial charge in [-0.3, -0.25) is 9.59 Å². The van der Waals surface area contributed by atoms with E-state index in [1.807, 2.05) is 90.7 Å². The molecule has 3 aromatic carbocycles. The van der Waals surface area contributed by atoms with Gasteiger partial charge in [0.2, 0.25) is 5.91 Å². The number of aryl methyl sites for hydroxylation is 1. The van der Waals surface area contributed by atoms with Crippen molar-refractivity contribution in [1.29, 1.82) is 0 Å². The Labute approximate surface area is 194 Å². The Morgan fingerprint density at radius 1 is 0.875 bits per heavy atom. The summed E-state index contributed by atoms with van der Waals surface area (Å²) in [6.45, 7) is 3.12. The molecule has 1 atom stereocenters. The van der Waals surface area contributed by atoms with E-state index in [0.717, 1.165) is 22.3 Å². The molecular formula is C27H27ClN2O2. The van der Waals surface area contributed by atoms with E-state index in [4.69, 9.17) is 11.6 Å². The zero-order valence-corrected chi connectivity index (χ0v) is 18.9. The maximum Gasteiger partial charge on any atom is 0.254 e. The molecule has 164 valence electrons. The molecule has 0 aliphatic carbocycles. The van der Waals surface area contributed by atoms with Crippen molar-refractivity contribution < 1.29 is 9.59 Å². The van der Waals surface area contributed by atoms with E-state index in [-0.39, 0.29) is 23.8 Å². The zero-order chi connectivity index (χ0) is 22.5. The van der Waals surface area contributed by atoms with Crippen LogP contribution in [0.1, 0.15) is 45.9 Å². The third-order valence-corrected chi connectivity index (χ3v) is 6.40. The number of halogens is 1. The second-order valence-electron chi connectivity index (χ2n) is 8.29. The number of carbonyl (C=O) groups excluding carboxylic acids is 2. The van der Waals surface area contributed by atoms with Crippen molar-refractivity contribution in [3.8, 4) is 0 Å². The van der Waals surface area contributed by atoms with E-state index in [2.05, 4.69) is 5.32 Å². The predicted molar refractivity (Wildman–Crippen MR) is 128 cm³/mol. The molecule has 1 aliphatic rings. The van der Waals surface area contributed by atoms with Crippen LogP contribution >= 0.6 is 11.6 Å². The van der Waals surface area contributed by atoms with Crippen LogP contribution in [0.25, 0.3) is 0 Å². The Bertz CT molecular complexity index is 1070. The van der Waals surface area contributed by atoms with E-state index < -0.39 is 0 Å². The Balaban J connectivity index is 1.43. The summed E-state index contributed by atoms with van der Waals surface area (Å²) >= 11 is 6.06. The van der Waals surface area contributed by atoms with Gasteiger partial charge >= 0.3 is 0 Å². The van der Waals surface area contributed by atoms with Gasteiger partial charge in [-0.25, -0.2) is 0 Å². The first kappa shape index (κ1) is 22.1. The van der Waals surface area contributed by atoms with Gasteiger partial charge in [0.1, 0.15) is 0 Å². The first-order valence-electron chi connectivity index (χ1n) is 11.0. The average Bonchev–Trinajstić information content (AvgIpc) is 2.83. The molecule has 0 bridgehead atoms. The van der Waals surface area contributed by atoms with Crippen molar-refractivity contribution >= 4 is 23.4 Å². The first-order valence-corrected chi connectivity index (χ1v) is 11.4. The minimum absolute atomic E-state index is 0.0248. The van der Waals surface area contributed by atoms with Crippen LogP contribution in [-0.2, 0) is 4.79 Å². The second-order valence-corrected chi connectivity index (χ2v) is 8.72. The van der Waals surface area contributed by atoms with Crippen molar-refractivity contribution in [2.24, 2.45) is 5.92 Å². The summed E-state index contributed by atoms with van der Waals surface area (Å²) in [5, 5.41) is 3.90. The van der Waals surface area contributed by atoms with Crippen molar-refractivity contribution in [2.45, 2.75) is 25.8 Å². The number of nitrogens with one attached hydrogen (secondary N) is 1. The summed E-state index contributed by atoms with van der Waals surface area (Å²) in [5.41, 5.74) is 3.73. The number of likely N-dealkylation sites (tertiary alicyclic amines) is 1. The van der Waals surface area contributed by atoms with Gasteiger partial charge in [-0.1, -0.05) is 72.3 Å². The van der Waals surface area contributed by atoms with Gasteiger partial charge in [0, 0.05) is 29.6 Å². The van der Waals surface area contributed by atoms with Gasteiger partial charge in [-0.05, 0) is 54.7 Å². The zero-order valence-electron chi connectivity index (χ0n) is 18.1. The Morgan fingerprint density at radius 2 is 1.47 bits per heavy atom. The number of piperidine rings is 1. The van der Waals surface area contributed by atoms with Gasteiger partial charge in [0.15, 0.2) is 0 Å². The summed E-state index contributed by atoms with van der Waals surface area (Å²) in [7, 11) is 0. The molecule has 1 saturated heterocycles. The van der Waals surface area contributed by atoms with Gasteiger partial charge in [0.05, 0.1) is 6.04 Å². The molecule has 4 rings (SSSR count). The van der Waals surface area contributed by atoms with E-state index in [0.29, 0.717) is 31.0 Å². The number of carbonyl (C=O) groups is 2. The van der Waals surface area contributed by atoms with Crippen molar-refractivity contribution in [3.63, 3.8) is 0 Å². The topological polar surface area (TPSA) is 49.4 Å². The van der Waals surface area contributed by atoms with Crippen LogP contribution in [0.4, 0.5) is 0 Å². The molecular weight excluding hydrogens is 420 g/mol. The van der Waals surface area contributed by atoms with Crippen LogP contribution in [0.5, 0.6) is 0 Å². The van der Waals surface area contributed by atoms with Gasteiger partial charge in [-0.15, -0.1) is 0 Å². The number of hydrogen-bond acceptors (Lipinski definition) is 2. The fourth-order valence-corrected chi connectivity index (χ4v) is 4.37. The van der Waals surface area contributed by atoms with Crippen molar-refractivity contribution in [1.82, 2.24) is 10.2 Å². The third kappa shape index (κ3) is 5.03. The lowest BCUT2D eigenvalue weighted by atomic mass is 9.93. The van der Waals surface area contributed by atoms with Crippen LogP contribution in [0, 0.1) is 12.8 Å². The van der Waals surface area contributed by atoms with Crippen LogP contribution in [0.2, 0.25) is 5.02 Å². The summed E-state index contributed by atoms with van der Waals surface area (Å²) in [6, 6.07) is 24.9. The fraction of sp³-hybridized carbons (Fsp3) is 0.259. The summed E-state index contributed by atoms with van der Waals surface area (Å²) in [5.74, 6) is -0.0449. The molecule has 1 heterocycles. The third-order valence-electron chi connectivity index (χ3n) is 6.15. The van der Waals surface area contributed by atoms with Gasteiger partial charge in [0.25, 0.3) is 5.91 Å². The molecule has 0 radical (unpaired) electrons. The summed E-state index contributed by atoms with van der Waals surface area (Å²) in [4.78, 5) is 27.9. The Morgan fingerprint density at radius 3 is 2.12 bits per heavy atom. The van der Waals surface area contributed by atoms with Crippen LogP contribution in [0.15, 0.2) is 78.9 Å². The molecule has 2 amide bonds.